The maximum atomic E-state index is 12.2. The zero-order valence-corrected chi connectivity index (χ0v) is 10.5. The lowest BCUT2D eigenvalue weighted by Gasteiger charge is -2.30. The first kappa shape index (κ1) is 14.1. The molecule has 0 unspecified atom stereocenters. The molecule has 0 aromatic heterocycles. The molecule has 6 nitrogen and oxygen atoms in total. The Kier molecular flexibility index (Phi) is 5.10. The van der Waals surface area contributed by atoms with Crippen molar-refractivity contribution in [3.8, 4) is 0 Å². The average Bonchev–Trinajstić information content (AvgIpc) is 2.29. The summed E-state index contributed by atoms with van der Waals surface area (Å²) in [6.07, 6.45) is 4.07. The summed E-state index contributed by atoms with van der Waals surface area (Å²) in [5, 5.41) is 8.71. The van der Waals surface area contributed by atoms with E-state index in [2.05, 4.69) is 6.58 Å². The topological polar surface area (TPSA) is 77.9 Å². The normalized spacial score (nSPS) is 18.2. The summed E-state index contributed by atoms with van der Waals surface area (Å²) in [7, 11) is -3.67. The summed E-state index contributed by atoms with van der Waals surface area (Å²) >= 11 is 0. The van der Waals surface area contributed by atoms with Crippen LogP contribution in [0.25, 0.3) is 0 Å². The molecule has 0 spiro atoms. The number of nitrogens with zero attached hydrogens (tertiary/aromatic N) is 2. The van der Waals surface area contributed by atoms with Gasteiger partial charge in [0.1, 0.15) is 6.54 Å². The van der Waals surface area contributed by atoms with Crippen LogP contribution >= 0.6 is 0 Å². The van der Waals surface area contributed by atoms with Gasteiger partial charge in [-0.15, -0.1) is 6.58 Å². The Bertz CT molecular complexity index is 374. The number of hydrogen-bond donors (Lipinski definition) is 1. The van der Waals surface area contributed by atoms with Crippen LogP contribution in [-0.4, -0.2) is 54.3 Å². The molecule has 0 aromatic carbocycles. The molecule has 98 valence electrons. The highest BCUT2D eigenvalue weighted by Gasteiger charge is 2.31. The molecule has 0 aromatic rings. The molecule has 1 N–H and O–H groups in total. The van der Waals surface area contributed by atoms with Crippen LogP contribution in [0.5, 0.6) is 0 Å². The maximum absolute atomic E-state index is 12.2. The van der Waals surface area contributed by atoms with E-state index in [9.17, 15) is 13.2 Å². The second-order valence-corrected chi connectivity index (χ2v) is 5.87. The molecule has 0 aliphatic carbocycles. The van der Waals surface area contributed by atoms with Crippen LogP contribution in [0, 0.1) is 0 Å². The van der Waals surface area contributed by atoms with Gasteiger partial charge in [0.2, 0.25) is 0 Å². The highest BCUT2D eigenvalue weighted by molar-refractivity contribution is 7.86. The molecule has 0 atom stereocenters. The molecule has 1 fully saturated rings. The van der Waals surface area contributed by atoms with Gasteiger partial charge >= 0.3 is 5.97 Å². The fourth-order valence-corrected chi connectivity index (χ4v) is 3.41. The van der Waals surface area contributed by atoms with E-state index in [0.717, 1.165) is 23.6 Å². The number of hydrogen-bond acceptors (Lipinski definition) is 3. The van der Waals surface area contributed by atoms with E-state index < -0.39 is 22.7 Å². The minimum Gasteiger partial charge on any atom is -0.480 e. The van der Waals surface area contributed by atoms with Gasteiger partial charge in [-0.05, 0) is 12.8 Å². The van der Waals surface area contributed by atoms with Gasteiger partial charge in [0, 0.05) is 19.6 Å². The van der Waals surface area contributed by atoms with Gasteiger partial charge in [-0.1, -0.05) is 12.5 Å². The van der Waals surface area contributed by atoms with E-state index in [0.29, 0.717) is 13.1 Å². The molecule has 0 saturated carbocycles. The SMILES string of the molecule is C=CCN(CC(=O)O)S(=O)(=O)N1CCCCC1. The first-order valence-electron chi connectivity index (χ1n) is 5.56. The van der Waals surface area contributed by atoms with Gasteiger partial charge in [-0.25, -0.2) is 0 Å². The zero-order chi connectivity index (χ0) is 12.9. The lowest BCUT2D eigenvalue weighted by atomic mass is 10.2. The molecule has 1 rings (SSSR count). The van der Waals surface area contributed by atoms with Gasteiger partial charge in [0.25, 0.3) is 10.2 Å². The summed E-state index contributed by atoms with van der Waals surface area (Å²) < 4.78 is 26.6. The van der Waals surface area contributed by atoms with Crippen molar-refractivity contribution >= 4 is 16.2 Å². The molecule has 0 bridgehead atoms. The van der Waals surface area contributed by atoms with Crippen LogP contribution in [0.3, 0.4) is 0 Å². The van der Waals surface area contributed by atoms with Crippen LogP contribution in [0.15, 0.2) is 12.7 Å². The van der Waals surface area contributed by atoms with Crippen molar-refractivity contribution in [3.63, 3.8) is 0 Å². The maximum Gasteiger partial charge on any atom is 0.318 e. The van der Waals surface area contributed by atoms with Gasteiger partial charge < -0.3 is 5.11 Å². The number of carboxylic acid groups (broad SMARTS) is 1. The van der Waals surface area contributed by atoms with Crippen LogP contribution in [0.4, 0.5) is 0 Å². The van der Waals surface area contributed by atoms with Crippen LogP contribution in [0.2, 0.25) is 0 Å². The van der Waals surface area contributed by atoms with Crippen molar-refractivity contribution in [3.05, 3.63) is 12.7 Å². The fourth-order valence-electron chi connectivity index (χ4n) is 1.79. The molecule has 17 heavy (non-hydrogen) atoms. The van der Waals surface area contributed by atoms with E-state index >= 15 is 0 Å². The third kappa shape index (κ3) is 3.79. The standard InChI is InChI=1S/C10H18N2O4S/c1-2-6-12(9-10(13)14)17(15,16)11-7-4-3-5-8-11/h2H,1,3-9H2,(H,13,14). The Labute approximate surface area is 102 Å². The fraction of sp³-hybridized carbons (Fsp3) is 0.700. The highest BCUT2D eigenvalue weighted by Crippen LogP contribution is 2.16. The summed E-state index contributed by atoms with van der Waals surface area (Å²) in [4.78, 5) is 10.7. The lowest BCUT2D eigenvalue weighted by Crippen LogP contribution is -2.47. The number of aliphatic carboxylic acids is 1. The summed E-state index contributed by atoms with van der Waals surface area (Å²) in [6, 6.07) is 0. The Hall–Kier alpha value is -0.920. The van der Waals surface area contributed by atoms with Gasteiger partial charge in [-0.3, -0.25) is 4.79 Å². The number of carboxylic acids is 1. The van der Waals surface area contributed by atoms with Gasteiger partial charge in [0.05, 0.1) is 0 Å². The van der Waals surface area contributed by atoms with E-state index in [1.54, 1.807) is 0 Å². The van der Waals surface area contributed by atoms with Gasteiger partial charge in [0.15, 0.2) is 0 Å². The Morgan fingerprint density at radius 3 is 2.41 bits per heavy atom. The Morgan fingerprint density at radius 2 is 1.94 bits per heavy atom. The largest absolute Gasteiger partial charge is 0.480 e. The van der Waals surface area contributed by atoms with Crippen molar-refractivity contribution in [2.45, 2.75) is 19.3 Å². The van der Waals surface area contributed by atoms with Crippen LogP contribution in [-0.2, 0) is 15.0 Å². The molecule has 1 heterocycles. The van der Waals surface area contributed by atoms with Crippen molar-refractivity contribution in [2.24, 2.45) is 0 Å². The van der Waals surface area contributed by atoms with Crippen LogP contribution in [0.1, 0.15) is 19.3 Å². The Balaban J connectivity index is 2.81. The summed E-state index contributed by atoms with van der Waals surface area (Å²) in [5.74, 6) is -1.16. The number of carbonyl (C=O) groups is 1. The molecule has 1 saturated heterocycles. The molecule has 1 aliphatic heterocycles. The second kappa shape index (κ2) is 6.13. The van der Waals surface area contributed by atoms with Crippen molar-refractivity contribution < 1.29 is 18.3 Å². The van der Waals surface area contributed by atoms with E-state index in [4.69, 9.17) is 5.11 Å². The monoisotopic (exact) mass is 262 g/mol. The highest BCUT2D eigenvalue weighted by atomic mass is 32.2. The quantitative estimate of drug-likeness (QED) is 0.698. The number of rotatable bonds is 6. The summed E-state index contributed by atoms with van der Waals surface area (Å²) in [6.45, 7) is 3.88. The predicted molar refractivity (Wildman–Crippen MR) is 63.7 cm³/mol. The third-order valence-electron chi connectivity index (χ3n) is 2.61. The minimum atomic E-state index is -3.67. The van der Waals surface area contributed by atoms with Crippen molar-refractivity contribution in [1.82, 2.24) is 8.61 Å². The van der Waals surface area contributed by atoms with E-state index in [-0.39, 0.29) is 6.54 Å². The van der Waals surface area contributed by atoms with Gasteiger partial charge in [-0.2, -0.15) is 17.0 Å². The first-order valence-corrected chi connectivity index (χ1v) is 6.96. The molecular formula is C10H18N2O4S. The second-order valence-electron chi connectivity index (χ2n) is 3.94. The third-order valence-corrected chi connectivity index (χ3v) is 4.56. The average molecular weight is 262 g/mol. The van der Waals surface area contributed by atoms with Crippen molar-refractivity contribution in [2.75, 3.05) is 26.2 Å². The van der Waals surface area contributed by atoms with Crippen molar-refractivity contribution in [1.29, 1.82) is 0 Å². The van der Waals surface area contributed by atoms with E-state index in [1.165, 1.54) is 10.4 Å². The molecule has 1 aliphatic rings. The zero-order valence-electron chi connectivity index (χ0n) is 9.71. The molecular weight excluding hydrogens is 244 g/mol. The molecule has 0 radical (unpaired) electrons. The lowest BCUT2D eigenvalue weighted by molar-refractivity contribution is -0.137. The molecule has 7 heteroatoms. The predicted octanol–water partition coefficient (Wildman–Crippen LogP) is 0.290. The minimum absolute atomic E-state index is 0.0190. The number of piperidine rings is 1. The Morgan fingerprint density at radius 1 is 1.35 bits per heavy atom. The van der Waals surface area contributed by atoms with E-state index in [1.807, 2.05) is 0 Å². The first-order chi connectivity index (χ1) is 7.98. The smallest absolute Gasteiger partial charge is 0.318 e. The molecule has 0 amide bonds. The van der Waals surface area contributed by atoms with Crippen LogP contribution < -0.4 is 0 Å². The summed E-state index contributed by atoms with van der Waals surface area (Å²) in [5.41, 5.74) is 0.